The Balaban J connectivity index is 1.99. The number of carbonyl (C=O) groups is 2. The van der Waals surface area contributed by atoms with Crippen LogP contribution in [0, 0.1) is 0 Å². The summed E-state index contributed by atoms with van der Waals surface area (Å²) in [6, 6.07) is 6.75. The monoisotopic (exact) mass is 377 g/mol. The number of rotatable bonds is 4. The van der Waals surface area contributed by atoms with Crippen molar-refractivity contribution in [2.75, 3.05) is 0 Å². The molecule has 1 heterocycles. The first-order valence-electron chi connectivity index (χ1n) is 7.37. The third-order valence-electron chi connectivity index (χ3n) is 3.92. The van der Waals surface area contributed by atoms with Crippen molar-refractivity contribution in [3.05, 3.63) is 45.7 Å². The van der Waals surface area contributed by atoms with Gasteiger partial charge in [0.25, 0.3) is 5.91 Å². The maximum Gasteiger partial charge on any atom is 0.325 e. The highest BCUT2D eigenvalue weighted by Crippen LogP contribution is 2.28. The van der Waals surface area contributed by atoms with Gasteiger partial charge in [-0.25, -0.2) is 4.68 Å². The zero-order chi connectivity index (χ0) is 16.6. The SMILES string of the molecule is C[C@H](NC(=O)c1nn(-c2cccc(Br)c2)c2c1CCC2)C(=O)O. The summed E-state index contributed by atoms with van der Waals surface area (Å²) in [4.78, 5) is 23.3. The summed E-state index contributed by atoms with van der Waals surface area (Å²) < 4.78 is 2.72. The Morgan fingerprint density at radius 3 is 2.87 bits per heavy atom. The highest BCUT2D eigenvalue weighted by atomic mass is 79.9. The average Bonchev–Trinajstić information content (AvgIpc) is 3.08. The third-order valence-corrected chi connectivity index (χ3v) is 4.41. The highest BCUT2D eigenvalue weighted by molar-refractivity contribution is 9.10. The Bertz CT molecular complexity index is 785. The number of fused-ring (bicyclic) bond motifs is 1. The Kier molecular flexibility index (Phi) is 4.21. The minimum Gasteiger partial charge on any atom is -0.480 e. The van der Waals surface area contributed by atoms with E-state index in [1.807, 2.05) is 24.3 Å². The minimum absolute atomic E-state index is 0.325. The molecule has 1 aliphatic carbocycles. The van der Waals surface area contributed by atoms with E-state index in [0.717, 1.165) is 40.7 Å². The minimum atomic E-state index is -1.07. The Hall–Kier alpha value is -2.15. The molecule has 0 aliphatic heterocycles. The van der Waals surface area contributed by atoms with Crippen molar-refractivity contribution < 1.29 is 14.7 Å². The summed E-state index contributed by atoms with van der Waals surface area (Å²) in [5, 5.41) is 15.9. The van der Waals surface area contributed by atoms with Crippen molar-refractivity contribution >= 4 is 27.8 Å². The fourth-order valence-corrected chi connectivity index (χ4v) is 3.16. The average molecular weight is 378 g/mol. The van der Waals surface area contributed by atoms with Crippen LogP contribution >= 0.6 is 15.9 Å². The van der Waals surface area contributed by atoms with E-state index >= 15 is 0 Å². The Morgan fingerprint density at radius 1 is 1.39 bits per heavy atom. The van der Waals surface area contributed by atoms with E-state index in [9.17, 15) is 9.59 Å². The predicted molar refractivity (Wildman–Crippen MR) is 87.9 cm³/mol. The van der Waals surface area contributed by atoms with Crippen LogP contribution in [0.2, 0.25) is 0 Å². The number of carboxylic acid groups (broad SMARTS) is 1. The quantitative estimate of drug-likeness (QED) is 0.856. The van der Waals surface area contributed by atoms with Gasteiger partial charge in [0, 0.05) is 15.7 Å². The lowest BCUT2D eigenvalue weighted by Gasteiger charge is -2.08. The van der Waals surface area contributed by atoms with Crippen LogP contribution in [0.3, 0.4) is 0 Å². The van der Waals surface area contributed by atoms with Crippen LogP contribution in [0.25, 0.3) is 5.69 Å². The number of nitrogens with zero attached hydrogens (tertiary/aromatic N) is 2. The van der Waals surface area contributed by atoms with Crippen molar-refractivity contribution in [2.45, 2.75) is 32.2 Å². The second-order valence-electron chi connectivity index (χ2n) is 5.55. The maximum atomic E-state index is 12.4. The number of aliphatic carboxylic acids is 1. The van der Waals surface area contributed by atoms with Crippen LogP contribution in [0.4, 0.5) is 0 Å². The number of amides is 1. The van der Waals surface area contributed by atoms with E-state index in [-0.39, 0.29) is 0 Å². The molecule has 2 N–H and O–H groups in total. The summed E-state index contributed by atoms with van der Waals surface area (Å²) in [6.07, 6.45) is 2.61. The number of carbonyl (C=O) groups excluding carboxylic acids is 1. The lowest BCUT2D eigenvalue weighted by Crippen LogP contribution is -2.38. The molecule has 0 bridgehead atoms. The van der Waals surface area contributed by atoms with Crippen LogP contribution in [0.5, 0.6) is 0 Å². The van der Waals surface area contributed by atoms with Gasteiger partial charge in [0.15, 0.2) is 5.69 Å². The van der Waals surface area contributed by atoms with Crippen LogP contribution < -0.4 is 5.32 Å². The molecule has 0 spiro atoms. The van der Waals surface area contributed by atoms with E-state index < -0.39 is 17.9 Å². The zero-order valence-electron chi connectivity index (χ0n) is 12.5. The standard InChI is InChI=1S/C16H16BrN3O3/c1-9(16(22)23)18-15(21)14-12-6-3-7-13(12)20(19-14)11-5-2-4-10(17)8-11/h2,4-5,8-9H,3,6-7H2,1H3,(H,18,21)(H,22,23)/t9-/m0/s1. The van der Waals surface area contributed by atoms with E-state index in [4.69, 9.17) is 5.11 Å². The van der Waals surface area contributed by atoms with E-state index in [1.54, 1.807) is 4.68 Å². The van der Waals surface area contributed by atoms with Gasteiger partial charge in [0.05, 0.1) is 5.69 Å². The van der Waals surface area contributed by atoms with Gasteiger partial charge in [-0.3, -0.25) is 9.59 Å². The summed E-state index contributed by atoms with van der Waals surface area (Å²) in [6.45, 7) is 1.44. The Labute approximate surface area is 141 Å². The largest absolute Gasteiger partial charge is 0.480 e. The van der Waals surface area contributed by atoms with Crippen LogP contribution in [-0.2, 0) is 17.6 Å². The van der Waals surface area contributed by atoms with Crippen LogP contribution in [0.15, 0.2) is 28.7 Å². The summed E-state index contributed by atoms with van der Waals surface area (Å²) in [7, 11) is 0. The molecule has 1 aromatic heterocycles. The third kappa shape index (κ3) is 3.01. The van der Waals surface area contributed by atoms with Gasteiger partial charge < -0.3 is 10.4 Å². The van der Waals surface area contributed by atoms with Gasteiger partial charge in [-0.1, -0.05) is 22.0 Å². The molecule has 1 aromatic carbocycles. The first-order chi connectivity index (χ1) is 11.0. The van der Waals surface area contributed by atoms with Crippen molar-refractivity contribution in [3.8, 4) is 5.69 Å². The molecule has 0 unspecified atom stereocenters. The van der Waals surface area contributed by atoms with Gasteiger partial charge in [-0.05, 0) is 44.4 Å². The normalized spacial score (nSPS) is 14.3. The Morgan fingerprint density at radius 2 is 2.17 bits per heavy atom. The zero-order valence-corrected chi connectivity index (χ0v) is 14.1. The molecule has 0 fully saturated rings. The van der Waals surface area contributed by atoms with E-state index in [0.29, 0.717) is 5.69 Å². The molecular formula is C16H16BrN3O3. The first kappa shape index (κ1) is 15.7. The van der Waals surface area contributed by atoms with Gasteiger partial charge >= 0.3 is 5.97 Å². The number of hydrogen-bond donors (Lipinski definition) is 2. The second-order valence-corrected chi connectivity index (χ2v) is 6.47. The van der Waals surface area contributed by atoms with Gasteiger partial charge in [-0.15, -0.1) is 0 Å². The van der Waals surface area contributed by atoms with Crippen molar-refractivity contribution in [2.24, 2.45) is 0 Å². The molecule has 0 saturated carbocycles. The molecule has 23 heavy (non-hydrogen) atoms. The van der Waals surface area contributed by atoms with E-state index in [2.05, 4.69) is 26.3 Å². The molecule has 0 saturated heterocycles. The lowest BCUT2D eigenvalue weighted by atomic mass is 10.2. The number of carboxylic acids is 1. The molecule has 0 radical (unpaired) electrons. The van der Waals surface area contributed by atoms with Crippen molar-refractivity contribution in [1.82, 2.24) is 15.1 Å². The van der Waals surface area contributed by atoms with Crippen molar-refractivity contribution in [3.63, 3.8) is 0 Å². The van der Waals surface area contributed by atoms with Crippen LogP contribution in [-0.4, -0.2) is 32.8 Å². The number of benzene rings is 1. The maximum absolute atomic E-state index is 12.4. The number of nitrogens with one attached hydrogen (secondary N) is 1. The first-order valence-corrected chi connectivity index (χ1v) is 8.17. The van der Waals surface area contributed by atoms with E-state index in [1.165, 1.54) is 6.92 Å². The molecule has 6 nitrogen and oxygen atoms in total. The summed E-state index contributed by atoms with van der Waals surface area (Å²) >= 11 is 3.44. The van der Waals surface area contributed by atoms with Gasteiger partial charge in [-0.2, -0.15) is 5.10 Å². The molecular weight excluding hydrogens is 362 g/mol. The topological polar surface area (TPSA) is 84.2 Å². The predicted octanol–water partition coefficient (Wildman–Crippen LogP) is 2.33. The summed E-state index contributed by atoms with van der Waals surface area (Å²) in [5.41, 5.74) is 3.14. The number of hydrogen-bond acceptors (Lipinski definition) is 3. The lowest BCUT2D eigenvalue weighted by molar-refractivity contribution is -0.138. The molecule has 3 rings (SSSR count). The van der Waals surface area contributed by atoms with Gasteiger partial charge in [0.2, 0.25) is 0 Å². The fraction of sp³-hybridized carbons (Fsp3) is 0.312. The van der Waals surface area contributed by atoms with Gasteiger partial charge in [0.1, 0.15) is 6.04 Å². The molecule has 2 aromatic rings. The number of aromatic nitrogens is 2. The smallest absolute Gasteiger partial charge is 0.325 e. The summed E-state index contributed by atoms with van der Waals surface area (Å²) in [5.74, 6) is -1.51. The molecule has 1 aliphatic rings. The van der Waals surface area contributed by atoms with Crippen molar-refractivity contribution in [1.29, 1.82) is 0 Å². The molecule has 120 valence electrons. The molecule has 1 atom stereocenters. The van der Waals surface area contributed by atoms with Crippen LogP contribution in [0.1, 0.15) is 35.1 Å². The second kappa shape index (κ2) is 6.16. The molecule has 1 amide bonds. The fourth-order valence-electron chi connectivity index (χ4n) is 2.77. The highest BCUT2D eigenvalue weighted by Gasteiger charge is 2.28. The number of halogens is 1. The molecule has 7 heteroatoms.